The van der Waals surface area contributed by atoms with Crippen molar-refractivity contribution in [3.8, 4) is 0 Å². The highest BCUT2D eigenvalue weighted by molar-refractivity contribution is 7.16. The smallest absolute Gasteiger partial charge is 0.254 e. The first-order valence-corrected chi connectivity index (χ1v) is 17.2. The minimum Gasteiger partial charge on any atom is -0.374 e. The quantitative estimate of drug-likeness (QED) is 0.295. The zero-order valence-corrected chi connectivity index (χ0v) is 25.3. The van der Waals surface area contributed by atoms with Crippen molar-refractivity contribution in [3.05, 3.63) is 52.7 Å². The van der Waals surface area contributed by atoms with Crippen molar-refractivity contribution in [1.29, 1.82) is 0 Å². The van der Waals surface area contributed by atoms with Gasteiger partial charge in [-0.05, 0) is 112 Å². The highest BCUT2D eigenvalue weighted by Gasteiger charge is 2.57. The summed E-state index contributed by atoms with van der Waals surface area (Å²) in [6, 6.07) is 0.911. The summed E-state index contributed by atoms with van der Waals surface area (Å²) in [7, 11) is 0. The number of carbonyl (C=O) groups excluding carboxylic acids is 1. The molecule has 0 bridgehead atoms. The van der Waals surface area contributed by atoms with Crippen LogP contribution >= 0.6 is 11.3 Å². The summed E-state index contributed by atoms with van der Waals surface area (Å²) in [6.45, 7) is 5.30. The molecule has 4 unspecified atom stereocenters. The van der Waals surface area contributed by atoms with Gasteiger partial charge in [-0.1, -0.05) is 24.3 Å². The molecule has 41 heavy (non-hydrogen) atoms. The molecule has 0 saturated heterocycles. The average molecular weight is 572 g/mol. The fourth-order valence-corrected chi connectivity index (χ4v) is 8.80. The summed E-state index contributed by atoms with van der Waals surface area (Å²) in [4.78, 5) is 22.7. The third-order valence-corrected chi connectivity index (χ3v) is 12.0. The van der Waals surface area contributed by atoms with Gasteiger partial charge >= 0.3 is 0 Å². The largest absolute Gasteiger partial charge is 0.374 e. The van der Waals surface area contributed by atoms with E-state index in [9.17, 15) is 4.79 Å². The molecule has 8 rings (SSSR count). The van der Waals surface area contributed by atoms with Crippen LogP contribution in [0, 0.1) is 29.1 Å². The van der Waals surface area contributed by atoms with Crippen LogP contribution in [0.1, 0.15) is 91.6 Å². The van der Waals surface area contributed by atoms with Crippen LogP contribution < -0.4 is 15.5 Å². The van der Waals surface area contributed by atoms with Crippen LogP contribution in [0.4, 0.5) is 10.9 Å². The molecule has 6 aliphatic rings. The maximum atomic E-state index is 13.7. The van der Waals surface area contributed by atoms with Crippen LogP contribution in [-0.2, 0) is 12.8 Å². The second-order valence-corrected chi connectivity index (χ2v) is 15.3. The van der Waals surface area contributed by atoms with E-state index < -0.39 is 0 Å². The van der Waals surface area contributed by atoms with Crippen LogP contribution in [-0.4, -0.2) is 41.1 Å². The Morgan fingerprint density at radius 1 is 1.17 bits per heavy atom. The summed E-state index contributed by atoms with van der Waals surface area (Å²) < 4.78 is 2.52. The van der Waals surface area contributed by atoms with Crippen LogP contribution in [0.2, 0.25) is 0 Å². The monoisotopic (exact) mass is 571 g/mol. The lowest BCUT2D eigenvalue weighted by molar-refractivity contribution is 0.0951. The Morgan fingerprint density at radius 3 is 2.78 bits per heavy atom. The standard InChI is InChI=1S/C34H45N5OS/c1-22(26-11-12-26)37-32-30(31(40)36-19-23-7-8-23)27-17-34(14-13-28(27)41-32)18-29(34)39-16-15-35-33(39)38(21-25-9-10-25)20-24-5-3-2-4-6-24/h2-5,15-16,22-26,29,37H,6-14,17-21H2,1H3,(H,36,40). The predicted molar refractivity (Wildman–Crippen MR) is 167 cm³/mol. The van der Waals surface area contributed by atoms with Gasteiger partial charge in [0.15, 0.2) is 0 Å². The van der Waals surface area contributed by atoms with E-state index in [0.717, 1.165) is 61.3 Å². The molecule has 2 heterocycles. The molecule has 218 valence electrons. The van der Waals surface area contributed by atoms with E-state index >= 15 is 0 Å². The number of carbonyl (C=O) groups is 1. The number of fused-ring (bicyclic) bond motifs is 1. The Morgan fingerprint density at radius 2 is 2.02 bits per heavy atom. The Bertz CT molecular complexity index is 1360. The van der Waals surface area contributed by atoms with Gasteiger partial charge in [0.25, 0.3) is 5.91 Å². The molecule has 7 heteroatoms. The molecule has 2 aromatic rings. The summed E-state index contributed by atoms with van der Waals surface area (Å²) >= 11 is 1.87. The van der Waals surface area contributed by atoms with Gasteiger partial charge in [0.05, 0.1) is 5.56 Å². The first kappa shape index (κ1) is 26.1. The van der Waals surface area contributed by atoms with Crippen molar-refractivity contribution in [2.45, 2.75) is 89.6 Å². The van der Waals surface area contributed by atoms with E-state index in [0.29, 0.717) is 23.9 Å². The van der Waals surface area contributed by atoms with Crippen LogP contribution in [0.15, 0.2) is 36.7 Å². The number of imidazole rings is 1. The molecule has 1 amide bonds. The van der Waals surface area contributed by atoms with Gasteiger partial charge in [-0.3, -0.25) is 4.79 Å². The molecule has 4 atom stereocenters. The number of thiophene rings is 1. The zero-order valence-electron chi connectivity index (χ0n) is 24.5. The van der Waals surface area contributed by atoms with Crippen molar-refractivity contribution < 1.29 is 4.79 Å². The molecular weight excluding hydrogens is 526 g/mol. The molecule has 0 aromatic carbocycles. The highest BCUT2D eigenvalue weighted by atomic mass is 32.1. The Kier molecular flexibility index (Phi) is 6.57. The SMILES string of the molecule is CC(Nc1sc2c(c1C(=O)NCC1CC1)CC1(CC2)CC1n1ccnc1N(CC1C=CC=CC1)CC1CC1)C1CC1. The van der Waals surface area contributed by atoms with Crippen LogP contribution in [0.5, 0.6) is 0 Å². The number of aromatic nitrogens is 2. The van der Waals surface area contributed by atoms with Crippen molar-refractivity contribution in [2.75, 3.05) is 29.9 Å². The summed E-state index contributed by atoms with van der Waals surface area (Å²) in [5.74, 6) is 4.14. The van der Waals surface area contributed by atoms with Crippen molar-refractivity contribution in [1.82, 2.24) is 14.9 Å². The number of anilines is 2. The van der Waals surface area contributed by atoms with E-state index in [-0.39, 0.29) is 11.3 Å². The van der Waals surface area contributed by atoms with E-state index in [1.165, 1.54) is 67.8 Å². The maximum Gasteiger partial charge on any atom is 0.254 e. The summed E-state index contributed by atoms with van der Waals surface area (Å²) in [5, 5.41) is 8.27. The van der Waals surface area contributed by atoms with Gasteiger partial charge in [0, 0.05) is 49.0 Å². The predicted octanol–water partition coefficient (Wildman–Crippen LogP) is 6.76. The fraction of sp³-hybridized carbons (Fsp3) is 0.647. The second-order valence-electron chi connectivity index (χ2n) is 14.2. The van der Waals surface area contributed by atoms with E-state index in [4.69, 9.17) is 4.98 Å². The minimum absolute atomic E-state index is 0.155. The average Bonchev–Trinajstić information content (AvgIpc) is 3.78. The molecule has 4 saturated carbocycles. The molecule has 0 aliphatic heterocycles. The zero-order chi connectivity index (χ0) is 27.6. The number of nitrogens with zero attached hydrogens (tertiary/aromatic N) is 3. The number of aryl methyl sites for hydroxylation is 1. The molecule has 1 spiro atoms. The third-order valence-electron chi connectivity index (χ3n) is 10.7. The number of hydrogen-bond donors (Lipinski definition) is 2. The Hall–Kier alpha value is -2.54. The first-order chi connectivity index (χ1) is 20.1. The van der Waals surface area contributed by atoms with Crippen molar-refractivity contribution >= 4 is 28.2 Å². The highest BCUT2D eigenvalue weighted by Crippen LogP contribution is 2.65. The Balaban J connectivity index is 1.04. The minimum atomic E-state index is 0.155. The van der Waals surface area contributed by atoms with E-state index in [1.807, 2.05) is 17.5 Å². The van der Waals surface area contributed by atoms with Gasteiger partial charge < -0.3 is 20.1 Å². The molecular formula is C34H45N5OS. The van der Waals surface area contributed by atoms with Gasteiger partial charge in [0.1, 0.15) is 5.00 Å². The number of nitrogens with one attached hydrogen (secondary N) is 2. The summed E-state index contributed by atoms with van der Waals surface area (Å²) in [6.07, 6.45) is 26.8. The lowest BCUT2D eigenvalue weighted by atomic mass is 9.83. The molecule has 0 radical (unpaired) electrons. The maximum absolute atomic E-state index is 13.7. The Labute approximate surface area is 248 Å². The second kappa shape index (κ2) is 10.3. The van der Waals surface area contributed by atoms with Gasteiger partial charge in [0.2, 0.25) is 5.95 Å². The van der Waals surface area contributed by atoms with Gasteiger partial charge in [-0.25, -0.2) is 4.98 Å². The number of amides is 1. The molecule has 2 N–H and O–H groups in total. The lowest BCUT2D eigenvalue weighted by Crippen LogP contribution is -2.33. The molecule has 4 fully saturated rings. The summed E-state index contributed by atoms with van der Waals surface area (Å²) in [5.41, 5.74) is 2.56. The van der Waals surface area contributed by atoms with Crippen molar-refractivity contribution in [3.63, 3.8) is 0 Å². The normalized spacial score (nSPS) is 28.9. The molecule has 2 aromatic heterocycles. The number of allylic oxidation sites excluding steroid dienone is 3. The van der Waals surface area contributed by atoms with Gasteiger partial charge in [-0.2, -0.15) is 0 Å². The van der Waals surface area contributed by atoms with Gasteiger partial charge in [-0.15, -0.1) is 11.3 Å². The van der Waals surface area contributed by atoms with Crippen molar-refractivity contribution in [2.24, 2.45) is 29.1 Å². The first-order valence-electron chi connectivity index (χ1n) is 16.4. The third kappa shape index (κ3) is 5.39. The topological polar surface area (TPSA) is 62.2 Å². The fourth-order valence-electron chi connectivity index (χ4n) is 7.49. The molecule has 6 aliphatic carbocycles. The lowest BCUT2D eigenvalue weighted by Gasteiger charge is -2.30. The van der Waals surface area contributed by atoms with Crippen LogP contribution in [0.25, 0.3) is 0 Å². The van der Waals surface area contributed by atoms with Crippen LogP contribution in [0.3, 0.4) is 0 Å². The number of rotatable bonds is 12. The van der Waals surface area contributed by atoms with E-state index in [2.05, 4.69) is 57.5 Å². The molecule has 6 nitrogen and oxygen atoms in total. The van der Waals surface area contributed by atoms with E-state index in [1.54, 1.807) is 0 Å². The number of hydrogen-bond acceptors (Lipinski definition) is 5.